The topological polar surface area (TPSA) is 63.4 Å². The molecular formula is C13H22N2O2. The minimum atomic E-state index is -0.348. The summed E-state index contributed by atoms with van der Waals surface area (Å²) in [6, 6.07) is -0.342. The highest BCUT2D eigenvalue weighted by atomic mass is 16.2. The van der Waals surface area contributed by atoms with Crippen LogP contribution in [-0.2, 0) is 9.59 Å². The summed E-state index contributed by atoms with van der Waals surface area (Å²) in [4.78, 5) is 25.1. The van der Waals surface area contributed by atoms with E-state index >= 15 is 0 Å². The first-order valence-electron chi connectivity index (χ1n) is 6.77. The molecule has 1 heterocycles. The Morgan fingerprint density at radius 2 is 1.76 bits per heavy atom. The van der Waals surface area contributed by atoms with Crippen LogP contribution in [0.1, 0.15) is 51.4 Å². The lowest BCUT2D eigenvalue weighted by molar-refractivity contribution is -0.138. The third-order valence-electron chi connectivity index (χ3n) is 4.09. The van der Waals surface area contributed by atoms with Crippen LogP contribution in [0.5, 0.6) is 0 Å². The number of amides is 2. The van der Waals surface area contributed by atoms with Crippen LogP contribution in [0.4, 0.5) is 0 Å². The van der Waals surface area contributed by atoms with E-state index in [4.69, 9.17) is 5.73 Å². The Kier molecular flexibility index (Phi) is 4.02. The Morgan fingerprint density at radius 3 is 2.41 bits per heavy atom. The number of hydrogen-bond donors (Lipinski definition) is 1. The maximum Gasteiger partial charge on any atom is 0.240 e. The van der Waals surface area contributed by atoms with Crippen molar-refractivity contribution in [1.82, 2.24) is 4.90 Å². The Bertz CT molecular complexity index is 298. The molecule has 2 N–H and O–H groups in total. The number of nitrogens with two attached hydrogens (primary N) is 1. The lowest BCUT2D eigenvalue weighted by atomic mass is 9.86. The molecule has 1 aliphatic heterocycles. The van der Waals surface area contributed by atoms with E-state index in [-0.39, 0.29) is 17.9 Å². The number of rotatable bonds is 3. The van der Waals surface area contributed by atoms with Crippen molar-refractivity contribution in [2.24, 2.45) is 11.7 Å². The summed E-state index contributed by atoms with van der Waals surface area (Å²) in [6.07, 6.45) is 8.40. The van der Waals surface area contributed by atoms with Crippen molar-refractivity contribution < 1.29 is 9.59 Å². The predicted molar refractivity (Wildman–Crippen MR) is 65.1 cm³/mol. The van der Waals surface area contributed by atoms with E-state index < -0.39 is 0 Å². The monoisotopic (exact) mass is 238 g/mol. The molecular weight excluding hydrogens is 216 g/mol. The van der Waals surface area contributed by atoms with Gasteiger partial charge in [-0.25, -0.2) is 0 Å². The fourth-order valence-corrected chi connectivity index (χ4v) is 3.12. The molecule has 17 heavy (non-hydrogen) atoms. The number of nitrogens with zero attached hydrogens (tertiary/aromatic N) is 1. The average molecular weight is 238 g/mol. The first-order chi connectivity index (χ1) is 8.18. The van der Waals surface area contributed by atoms with Gasteiger partial charge in [0.15, 0.2) is 0 Å². The first-order valence-corrected chi connectivity index (χ1v) is 6.77. The summed E-state index contributed by atoms with van der Waals surface area (Å²) in [5.41, 5.74) is 5.33. The number of likely N-dealkylation sites (tertiary alicyclic amines) is 1. The van der Waals surface area contributed by atoms with E-state index in [2.05, 4.69) is 0 Å². The van der Waals surface area contributed by atoms with Gasteiger partial charge in [0.25, 0.3) is 0 Å². The highest BCUT2D eigenvalue weighted by Gasteiger charge is 2.33. The molecule has 2 amide bonds. The van der Waals surface area contributed by atoms with Crippen LogP contribution < -0.4 is 5.73 Å². The van der Waals surface area contributed by atoms with Crippen LogP contribution in [0.2, 0.25) is 0 Å². The van der Waals surface area contributed by atoms with Gasteiger partial charge in [0, 0.05) is 13.0 Å². The molecule has 2 fully saturated rings. The first kappa shape index (κ1) is 12.4. The molecule has 0 aromatic rings. The second kappa shape index (κ2) is 5.52. The van der Waals surface area contributed by atoms with E-state index in [0.29, 0.717) is 18.9 Å². The van der Waals surface area contributed by atoms with Gasteiger partial charge in [0.2, 0.25) is 11.8 Å². The highest BCUT2D eigenvalue weighted by Crippen LogP contribution is 2.28. The molecule has 0 unspecified atom stereocenters. The average Bonchev–Trinajstić information content (AvgIpc) is 2.79. The van der Waals surface area contributed by atoms with Crippen LogP contribution in [0.3, 0.4) is 0 Å². The third kappa shape index (κ3) is 2.99. The van der Waals surface area contributed by atoms with Gasteiger partial charge in [0.05, 0.1) is 0 Å². The normalized spacial score (nSPS) is 26.1. The second-order valence-corrected chi connectivity index (χ2v) is 5.36. The maximum absolute atomic E-state index is 12.1. The van der Waals surface area contributed by atoms with E-state index in [1.807, 2.05) is 0 Å². The van der Waals surface area contributed by atoms with Crippen molar-refractivity contribution in [1.29, 1.82) is 0 Å². The molecule has 96 valence electrons. The van der Waals surface area contributed by atoms with Crippen LogP contribution in [0.15, 0.2) is 0 Å². The van der Waals surface area contributed by atoms with Crippen LogP contribution >= 0.6 is 0 Å². The minimum Gasteiger partial charge on any atom is -0.368 e. The van der Waals surface area contributed by atoms with Crippen molar-refractivity contribution in [3.05, 3.63) is 0 Å². The molecule has 4 nitrogen and oxygen atoms in total. The molecule has 1 aliphatic carbocycles. The van der Waals surface area contributed by atoms with E-state index in [1.165, 1.54) is 32.1 Å². The summed E-state index contributed by atoms with van der Waals surface area (Å²) in [6.45, 7) is 0.708. The lowest BCUT2D eigenvalue weighted by Crippen LogP contribution is -2.44. The fraction of sp³-hybridized carbons (Fsp3) is 0.846. The van der Waals surface area contributed by atoms with Gasteiger partial charge in [-0.1, -0.05) is 19.3 Å². The minimum absolute atomic E-state index is 0.137. The Balaban J connectivity index is 1.88. The van der Waals surface area contributed by atoms with Gasteiger partial charge in [0.1, 0.15) is 6.04 Å². The van der Waals surface area contributed by atoms with Crippen molar-refractivity contribution >= 4 is 11.8 Å². The molecule has 2 aliphatic rings. The van der Waals surface area contributed by atoms with Gasteiger partial charge < -0.3 is 10.6 Å². The Labute approximate surface area is 103 Å². The number of carbonyl (C=O) groups excluding carboxylic acids is 2. The maximum atomic E-state index is 12.1. The molecule has 0 spiro atoms. The van der Waals surface area contributed by atoms with Gasteiger partial charge in [-0.05, 0) is 31.6 Å². The van der Waals surface area contributed by atoms with E-state index in [1.54, 1.807) is 4.90 Å². The largest absolute Gasteiger partial charge is 0.368 e. The standard InChI is InChI=1S/C13H22N2O2/c14-13(17)11-7-4-8-15(11)12(16)9-10-5-2-1-3-6-10/h10-11H,1-9H2,(H2,14,17)/t11-/m0/s1. The zero-order valence-corrected chi connectivity index (χ0v) is 10.4. The van der Waals surface area contributed by atoms with Gasteiger partial charge >= 0.3 is 0 Å². The van der Waals surface area contributed by atoms with Crippen molar-refractivity contribution in [3.8, 4) is 0 Å². The molecule has 1 saturated heterocycles. The molecule has 0 radical (unpaired) electrons. The molecule has 1 atom stereocenters. The fourth-order valence-electron chi connectivity index (χ4n) is 3.12. The van der Waals surface area contributed by atoms with Crippen LogP contribution in [0, 0.1) is 5.92 Å². The number of hydrogen-bond acceptors (Lipinski definition) is 2. The summed E-state index contributed by atoms with van der Waals surface area (Å²) >= 11 is 0. The zero-order valence-electron chi connectivity index (χ0n) is 10.4. The summed E-state index contributed by atoms with van der Waals surface area (Å²) in [7, 11) is 0. The summed E-state index contributed by atoms with van der Waals surface area (Å²) in [5, 5.41) is 0. The molecule has 0 aromatic heterocycles. The van der Waals surface area contributed by atoms with Gasteiger partial charge in [-0.2, -0.15) is 0 Å². The van der Waals surface area contributed by atoms with Crippen molar-refractivity contribution in [2.45, 2.75) is 57.4 Å². The third-order valence-corrected chi connectivity index (χ3v) is 4.09. The highest BCUT2D eigenvalue weighted by molar-refractivity contribution is 5.87. The summed E-state index contributed by atoms with van der Waals surface area (Å²) in [5.74, 6) is 0.322. The zero-order chi connectivity index (χ0) is 12.3. The predicted octanol–water partition coefficient (Wildman–Crippen LogP) is 1.43. The lowest BCUT2D eigenvalue weighted by Gasteiger charge is -2.26. The quantitative estimate of drug-likeness (QED) is 0.808. The van der Waals surface area contributed by atoms with Crippen LogP contribution in [0.25, 0.3) is 0 Å². The Hall–Kier alpha value is -1.06. The molecule has 2 rings (SSSR count). The van der Waals surface area contributed by atoms with E-state index in [0.717, 1.165) is 12.8 Å². The Morgan fingerprint density at radius 1 is 1.06 bits per heavy atom. The number of carbonyl (C=O) groups is 2. The van der Waals surface area contributed by atoms with Crippen molar-refractivity contribution in [2.75, 3.05) is 6.54 Å². The van der Waals surface area contributed by atoms with Crippen LogP contribution in [-0.4, -0.2) is 29.3 Å². The second-order valence-electron chi connectivity index (χ2n) is 5.36. The molecule has 1 saturated carbocycles. The molecule has 0 bridgehead atoms. The van der Waals surface area contributed by atoms with Crippen molar-refractivity contribution in [3.63, 3.8) is 0 Å². The van der Waals surface area contributed by atoms with E-state index in [9.17, 15) is 9.59 Å². The van der Waals surface area contributed by atoms with Gasteiger partial charge in [-0.3, -0.25) is 9.59 Å². The summed E-state index contributed by atoms with van der Waals surface area (Å²) < 4.78 is 0. The van der Waals surface area contributed by atoms with Gasteiger partial charge in [-0.15, -0.1) is 0 Å². The smallest absolute Gasteiger partial charge is 0.240 e. The molecule has 0 aromatic carbocycles. The SMILES string of the molecule is NC(=O)[C@@H]1CCCN1C(=O)CC1CCCCC1. The molecule has 4 heteroatoms. The number of primary amides is 1.